The van der Waals surface area contributed by atoms with Crippen molar-refractivity contribution < 1.29 is 14.3 Å². The number of amidine groups is 1. The van der Waals surface area contributed by atoms with Crippen LogP contribution < -0.4 is 14.8 Å². The van der Waals surface area contributed by atoms with E-state index in [1.54, 1.807) is 18.2 Å². The van der Waals surface area contributed by atoms with Gasteiger partial charge in [0, 0.05) is 0 Å². The predicted molar refractivity (Wildman–Crippen MR) is 119 cm³/mol. The molecule has 0 aliphatic carbocycles. The first-order valence-corrected chi connectivity index (χ1v) is 10.3. The average molecular weight is 472 g/mol. The van der Waals surface area contributed by atoms with Gasteiger partial charge >= 0.3 is 0 Å². The van der Waals surface area contributed by atoms with Gasteiger partial charge in [-0.3, -0.25) is 4.79 Å². The first-order valence-electron chi connectivity index (χ1n) is 8.65. The van der Waals surface area contributed by atoms with Crippen LogP contribution in [-0.4, -0.2) is 24.8 Å². The highest BCUT2D eigenvalue weighted by Gasteiger charge is 2.24. The number of aliphatic imine (C=N–C) groups is 1. The summed E-state index contributed by atoms with van der Waals surface area (Å²) in [6, 6.07) is 11.5. The van der Waals surface area contributed by atoms with Crippen molar-refractivity contribution in [1.29, 1.82) is 5.26 Å². The van der Waals surface area contributed by atoms with Crippen LogP contribution in [0.5, 0.6) is 11.5 Å². The van der Waals surface area contributed by atoms with Crippen LogP contribution >= 0.6 is 27.7 Å². The fourth-order valence-corrected chi connectivity index (χ4v) is 4.15. The van der Waals surface area contributed by atoms with Crippen molar-refractivity contribution in [2.75, 3.05) is 13.7 Å². The Morgan fingerprint density at radius 2 is 2.10 bits per heavy atom. The van der Waals surface area contributed by atoms with Crippen LogP contribution in [0.3, 0.4) is 0 Å². The smallest absolute Gasteiger partial charge is 0.264 e. The Kier molecular flexibility index (Phi) is 6.62. The molecule has 29 heavy (non-hydrogen) atoms. The maximum Gasteiger partial charge on any atom is 0.264 e. The molecule has 8 heteroatoms. The van der Waals surface area contributed by atoms with Gasteiger partial charge in [0.2, 0.25) is 0 Å². The van der Waals surface area contributed by atoms with E-state index in [1.165, 1.54) is 18.9 Å². The van der Waals surface area contributed by atoms with Crippen molar-refractivity contribution in [3.8, 4) is 17.6 Å². The van der Waals surface area contributed by atoms with Gasteiger partial charge in [0.25, 0.3) is 5.91 Å². The molecule has 1 aliphatic heterocycles. The fourth-order valence-electron chi connectivity index (χ4n) is 2.74. The Morgan fingerprint density at radius 1 is 1.31 bits per heavy atom. The molecule has 1 heterocycles. The van der Waals surface area contributed by atoms with Gasteiger partial charge in [0.15, 0.2) is 23.3 Å². The van der Waals surface area contributed by atoms with Gasteiger partial charge in [-0.1, -0.05) is 17.7 Å². The highest BCUT2D eigenvalue weighted by molar-refractivity contribution is 9.10. The van der Waals surface area contributed by atoms with E-state index in [2.05, 4.69) is 32.3 Å². The van der Waals surface area contributed by atoms with E-state index < -0.39 is 0 Å². The molecule has 6 nitrogen and oxygen atoms in total. The average Bonchev–Trinajstić information content (AvgIpc) is 3.01. The third-order valence-corrected chi connectivity index (χ3v) is 5.55. The number of benzene rings is 2. The van der Waals surface area contributed by atoms with E-state index in [4.69, 9.17) is 14.7 Å². The van der Waals surface area contributed by atoms with Gasteiger partial charge in [-0.2, -0.15) is 5.26 Å². The zero-order valence-electron chi connectivity index (χ0n) is 16.1. The molecular formula is C21H18BrN3O3S. The van der Waals surface area contributed by atoms with E-state index in [-0.39, 0.29) is 12.5 Å². The van der Waals surface area contributed by atoms with Gasteiger partial charge in [-0.25, -0.2) is 4.99 Å². The minimum atomic E-state index is -0.210. The molecule has 0 aromatic heterocycles. The minimum absolute atomic E-state index is 0.0914. The number of nitrogens with one attached hydrogen (secondary N) is 1. The molecule has 0 unspecified atom stereocenters. The highest BCUT2D eigenvalue weighted by Crippen LogP contribution is 2.38. The summed E-state index contributed by atoms with van der Waals surface area (Å²) in [5.74, 6) is 0.698. The molecule has 1 amide bonds. The first-order chi connectivity index (χ1) is 13.9. The monoisotopic (exact) mass is 471 g/mol. The number of ether oxygens (including phenoxy) is 2. The Hall–Kier alpha value is -2.76. The van der Waals surface area contributed by atoms with Crippen LogP contribution in [0.25, 0.3) is 6.08 Å². The maximum absolute atomic E-state index is 12.4. The van der Waals surface area contributed by atoms with Gasteiger partial charge < -0.3 is 14.8 Å². The van der Waals surface area contributed by atoms with Crippen molar-refractivity contribution in [2.45, 2.75) is 13.8 Å². The van der Waals surface area contributed by atoms with Crippen LogP contribution in [0.4, 0.5) is 5.69 Å². The van der Waals surface area contributed by atoms with E-state index in [1.807, 2.05) is 32.0 Å². The summed E-state index contributed by atoms with van der Waals surface area (Å²) in [5.41, 5.74) is 3.79. The number of aryl methyl sites for hydroxylation is 2. The Bertz CT molecular complexity index is 1070. The molecule has 1 fully saturated rings. The van der Waals surface area contributed by atoms with Crippen LogP contribution in [0.1, 0.15) is 16.7 Å². The second kappa shape index (κ2) is 9.16. The lowest BCUT2D eigenvalue weighted by Crippen LogP contribution is -2.19. The summed E-state index contributed by atoms with van der Waals surface area (Å²) < 4.78 is 11.4. The third kappa shape index (κ3) is 5.00. The molecule has 148 valence electrons. The summed E-state index contributed by atoms with van der Waals surface area (Å²) >= 11 is 4.71. The van der Waals surface area contributed by atoms with Crippen molar-refractivity contribution in [3.63, 3.8) is 0 Å². The molecule has 2 aromatic carbocycles. The second-order valence-electron chi connectivity index (χ2n) is 6.25. The highest BCUT2D eigenvalue weighted by atomic mass is 79.9. The lowest BCUT2D eigenvalue weighted by atomic mass is 10.1. The van der Waals surface area contributed by atoms with Crippen LogP contribution in [0, 0.1) is 25.2 Å². The number of carbonyl (C=O) groups excluding carboxylic acids is 1. The number of hydrogen-bond acceptors (Lipinski definition) is 6. The summed E-state index contributed by atoms with van der Waals surface area (Å²) in [5, 5.41) is 12.1. The molecule has 1 N–H and O–H groups in total. The van der Waals surface area contributed by atoms with Gasteiger partial charge in [-0.15, -0.1) is 0 Å². The predicted octanol–water partition coefficient (Wildman–Crippen LogP) is 4.87. The zero-order chi connectivity index (χ0) is 21.0. The number of thioether (sulfide) groups is 1. The summed E-state index contributed by atoms with van der Waals surface area (Å²) in [6.07, 6.45) is 1.76. The van der Waals surface area contributed by atoms with E-state index >= 15 is 0 Å². The molecule has 1 saturated heterocycles. The largest absolute Gasteiger partial charge is 0.493 e. The number of rotatable bonds is 5. The molecule has 0 atom stereocenters. The first kappa shape index (κ1) is 21.0. The minimum Gasteiger partial charge on any atom is -0.493 e. The number of nitrogens with zero attached hydrogens (tertiary/aromatic N) is 2. The second-order valence-corrected chi connectivity index (χ2v) is 8.14. The lowest BCUT2D eigenvalue weighted by Gasteiger charge is -2.11. The lowest BCUT2D eigenvalue weighted by molar-refractivity contribution is -0.115. The molecular weight excluding hydrogens is 454 g/mol. The molecule has 0 saturated carbocycles. The van der Waals surface area contributed by atoms with E-state index in [0.29, 0.717) is 26.0 Å². The maximum atomic E-state index is 12.4. The normalized spacial score (nSPS) is 16.0. The SMILES string of the molecule is COc1cc(/C=C2\SC(=Nc3ccc(C)cc3C)NC2=O)cc(Br)c1OCC#N. The van der Waals surface area contributed by atoms with Crippen LogP contribution in [-0.2, 0) is 4.79 Å². The van der Waals surface area contributed by atoms with E-state index in [0.717, 1.165) is 22.4 Å². The topological polar surface area (TPSA) is 83.7 Å². The molecule has 3 rings (SSSR count). The van der Waals surface area contributed by atoms with Crippen molar-refractivity contribution in [3.05, 3.63) is 56.4 Å². The van der Waals surface area contributed by atoms with Crippen molar-refractivity contribution in [2.24, 2.45) is 4.99 Å². The number of hydrogen-bond donors (Lipinski definition) is 1. The zero-order valence-corrected chi connectivity index (χ0v) is 18.5. The van der Waals surface area contributed by atoms with Crippen molar-refractivity contribution in [1.82, 2.24) is 5.32 Å². The molecule has 0 radical (unpaired) electrons. The summed E-state index contributed by atoms with van der Waals surface area (Å²) in [7, 11) is 1.52. The van der Waals surface area contributed by atoms with Crippen molar-refractivity contribution >= 4 is 50.5 Å². The number of nitriles is 1. The van der Waals surface area contributed by atoms with Gasteiger partial charge in [0.1, 0.15) is 6.07 Å². The Balaban J connectivity index is 1.87. The molecule has 0 bridgehead atoms. The fraction of sp³-hybridized carbons (Fsp3) is 0.190. The molecule has 2 aromatic rings. The summed E-state index contributed by atoms with van der Waals surface area (Å²) in [4.78, 5) is 17.5. The van der Waals surface area contributed by atoms with Crippen LogP contribution in [0.15, 0.2) is 44.7 Å². The number of carbonyl (C=O) groups is 1. The summed E-state index contributed by atoms with van der Waals surface area (Å²) in [6.45, 7) is 3.93. The van der Waals surface area contributed by atoms with Gasteiger partial charge in [-0.05, 0) is 76.9 Å². The van der Waals surface area contributed by atoms with E-state index in [9.17, 15) is 4.79 Å². The quantitative estimate of drug-likeness (QED) is 0.628. The standard InChI is InChI=1S/C21H18BrN3O3S/c1-12-4-5-16(13(2)8-12)24-21-25-20(26)18(29-21)11-14-9-15(22)19(28-7-6-23)17(10-14)27-3/h4-5,8-11H,7H2,1-3H3,(H,24,25,26)/b18-11-. The van der Waals surface area contributed by atoms with Crippen LogP contribution in [0.2, 0.25) is 0 Å². The Labute approximate surface area is 181 Å². The molecule has 0 spiro atoms. The Morgan fingerprint density at radius 3 is 2.79 bits per heavy atom. The van der Waals surface area contributed by atoms with Gasteiger partial charge in [0.05, 0.1) is 22.2 Å². The molecule has 1 aliphatic rings. The number of methoxy groups -OCH3 is 1. The number of halogens is 1. The number of amides is 1. The third-order valence-electron chi connectivity index (χ3n) is 4.06.